The maximum Gasteiger partial charge on any atom is 0.243 e. The summed E-state index contributed by atoms with van der Waals surface area (Å²) in [4.78, 5) is 4.39. The molecular formula is C11H16N4. The Bertz CT molecular complexity index is 459. The van der Waals surface area contributed by atoms with Crippen LogP contribution in [0.15, 0.2) is 18.3 Å². The van der Waals surface area contributed by atoms with Gasteiger partial charge in [-0.25, -0.2) is 4.52 Å². The second kappa shape index (κ2) is 3.88. The molecule has 2 aromatic heterocycles. The molecule has 15 heavy (non-hydrogen) atoms. The average Bonchev–Trinajstić information content (AvgIpc) is 2.56. The Morgan fingerprint density at radius 1 is 1.47 bits per heavy atom. The topological polar surface area (TPSA) is 42.2 Å². The summed E-state index contributed by atoms with van der Waals surface area (Å²) in [6, 6.07) is 4.04. The molecule has 0 aliphatic carbocycles. The smallest absolute Gasteiger partial charge is 0.243 e. The van der Waals surface area contributed by atoms with Crippen molar-refractivity contribution >= 4 is 11.6 Å². The molecule has 0 saturated heterocycles. The largest absolute Gasteiger partial charge is 0.353 e. The predicted octanol–water partition coefficient (Wildman–Crippen LogP) is 2.11. The van der Waals surface area contributed by atoms with Crippen molar-refractivity contribution in [3.05, 3.63) is 23.9 Å². The van der Waals surface area contributed by atoms with Crippen LogP contribution in [0.4, 0.5) is 5.95 Å². The van der Waals surface area contributed by atoms with Crippen molar-refractivity contribution in [2.45, 2.75) is 20.8 Å². The van der Waals surface area contributed by atoms with Gasteiger partial charge >= 0.3 is 0 Å². The monoisotopic (exact) mass is 204 g/mol. The number of pyridine rings is 1. The summed E-state index contributed by atoms with van der Waals surface area (Å²) in [6.07, 6.45) is 1.93. The number of fused-ring (bicyclic) bond motifs is 1. The van der Waals surface area contributed by atoms with Crippen LogP contribution in [0.25, 0.3) is 5.65 Å². The van der Waals surface area contributed by atoms with Crippen LogP contribution >= 0.6 is 0 Å². The van der Waals surface area contributed by atoms with Gasteiger partial charge in [-0.1, -0.05) is 13.8 Å². The highest BCUT2D eigenvalue weighted by Gasteiger charge is 2.03. The van der Waals surface area contributed by atoms with Crippen molar-refractivity contribution in [1.29, 1.82) is 0 Å². The van der Waals surface area contributed by atoms with Crippen molar-refractivity contribution in [2.75, 3.05) is 11.9 Å². The van der Waals surface area contributed by atoms with Gasteiger partial charge in [-0.2, -0.15) is 4.98 Å². The first kappa shape index (κ1) is 9.96. The van der Waals surface area contributed by atoms with Crippen LogP contribution in [0.2, 0.25) is 0 Å². The van der Waals surface area contributed by atoms with Crippen LogP contribution in [0.1, 0.15) is 19.4 Å². The minimum Gasteiger partial charge on any atom is -0.353 e. The highest BCUT2D eigenvalue weighted by atomic mass is 15.3. The van der Waals surface area contributed by atoms with E-state index in [2.05, 4.69) is 36.2 Å². The number of aromatic nitrogens is 3. The number of hydrogen-bond acceptors (Lipinski definition) is 3. The molecule has 2 aromatic rings. The second-order valence-corrected chi connectivity index (χ2v) is 4.22. The minimum absolute atomic E-state index is 0.596. The molecule has 1 N–H and O–H groups in total. The maximum atomic E-state index is 4.39. The summed E-state index contributed by atoms with van der Waals surface area (Å²) in [5, 5.41) is 7.53. The lowest BCUT2D eigenvalue weighted by molar-refractivity contribution is 0.684. The highest BCUT2D eigenvalue weighted by molar-refractivity contribution is 5.45. The average molecular weight is 204 g/mol. The van der Waals surface area contributed by atoms with Gasteiger partial charge in [0.25, 0.3) is 0 Å². The van der Waals surface area contributed by atoms with Crippen LogP contribution in [-0.4, -0.2) is 21.1 Å². The second-order valence-electron chi connectivity index (χ2n) is 4.22. The summed E-state index contributed by atoms with van der Waals surface area (Å²) < 4.78 is 1.79. The van der Waals surface area contributed by atoms with Crippen molar-refractivity contribution in [2.24, 2.45) is 5.92 Å². The fourth-order valence-corrected chi connectivity index (χ4v) is 1.35. The van der Waals surface area contributed by atoms with Gasteiger partial charge in [0.1, 0.15) is 0 Å². The van der Waals surface area contributed by atoms with Crippen LogP contribution in [0.5, 0.6) is 0 Å². The molecule has 0 aromatic carbocycles. The fraction of sp³-hybridized carbons (Fsp3) is 0.455. The first-order chi connectivity index (χ1) is 7.15. The number of anilines is 1. The van der Waals surface area contributed by atoms with Crippen molar-refractivity contribution in [1.82, 2.24) is 14.6 Å². The summed E-state index contributed by atoms with van der Waals surface area (Å²) in [5.41, 5.74) is 2.09. The Kier molecular flexibility index (Phi) is 2.58. The first-order valence-electron chi connectivity index (χ1n) is 5.22. The summed E-state index contributed by atoms with van der Waals surface area (Å²) in [6.45, 7) is 7.27. The molecule has 0 amide bonds. The van der Waals surface area contributed by atoms with E-state index in [9.17, 15) is 0 Å². The molecule has 0 atom stereocenters. The van der Waals surface area contributed by atoms with E-state index < -0.39 is 0 Å². The maximum absolute atomic E-state index is 4.39. The van der Waals surface area contributed by atoms with E-state index in [0.717, 1.165) is 12.2 Å². The number of nitrogens with zero attached hydrogens (tertiary/aromatic N) is 3. The molecule has 0 unspecified atom stereocenters. The Morgan fingerprint density at radius 3 is 3.00 bits per heavy atom. The first-order valence-corrected chi connectivity index (χ1v) is 5.22. The van der Waals surface area contributed by atoms with Crippen LogP contribution < -0.4 is 5.32 Å². The van der Waals surface area contributed by atoms with Gasteiger partial charge in [-0.05, 0) is 30.5 Å². The summed E-state index contributed by atoms with van der Waals surface area (Å²) in [7, 11) is 0. The lowest BCUT2D eigenvalue weighted by Crippen LogP contribution is -2.09. The molecule has 0 spiro atoms. The van der Waals surface area contributed by atoms with Gasteiger partial charge in [-0.3, -0.25) is 0 Å². The number of nitrogens with one attached hydrogen (secondary N) is 1. The molecule has 0 saturated carbocycles. The molecule has 80 valence electrons. The molecule has 0 radical (unpaired) electrons. The van der Waals surface area contributed by atoms with Gasteiger partial charge in [0.05, 0.1) is 0 Å². The quantitative estimate of drug-likeness (QED) is 0.832. The molecule has 2 rings (SSSR count). The Morgan fingerprint density at radius 2 is 2.27 bits per heavy atom. The lowest BCUT2D eigenvalue weighted by atomic mass is 10.2. The van der Waals surface area contributed by atoms with Gasteiger partial charge in [-0.15, -0.1) is 5.10 Å². The van der Waals surface area contributed by atoms with E-state index in [-0.39, 0.29) is 0 Å². The van der Waals surface area contributed by atoms with E-state index >= 15 is 0 Å². The van der Waals surface area contributed by atoms with Crippen LogP contribution in [0.3, 0.4) is 0 Å². The Balaban J connectivity index is 2.23. The normalized spacial score (nSPS) is 11.2. The zero-order chi connectivity index (χ0) is 10.8. The predicted molar refractivity (Wildman–Crippen MR) is 61.1 cm³/mol. The zero-order valence-corrected chi connectivity index (χ0v) is 9.36. The van der Waals surface area contributed by atoms with E-state index in [1.54, 1.807) is 4.52 Å². The number of rotatable bonds is 3. The zero-order valence-electron chi connectivity index (χ0n) is 9.36. The molecule has 2 heterocycles. The van der Waals surface area contributed by atoms with Crippen LogP contribution in [0, 0.1) is 12.8 Å². The molecule has 0 bridgehead atoms. The van der Waals surface area contributed by atoms with Crippen molar-refractivity contribution in [3.63, 3.8) is 0 Å². The summed E-state index contributed by atoms with van der Waals surface area (Å²) >= 11 is 0. The van der Waals surface area contributed by atoms with Crippen LogP contribution in [-0.2, 0) is 0 Å². The third kappa shape index (κ3) is 2.26. The third-order valence-electron chi connectivity index (χ3n) is 2.16. The molecular weight excluding hydrogens is 188 g/mol. The Labute approximate surface area is 89.3 Å². The van der Waals surface area contributed by atoms with E-state index in [4.69, 9.17) is 0 Å². The standard InChI is InChI=1S/C11H16N4/c1-8(2)7-12-11-13-10-6-9(3)4-5-15(10)14-11/h4-6,8H,7H2,1-3H3,(H,12,14). The molecule has 0 fully saturated rings. The van der Waals surface area contributed by atoms with Gasteiger partial charge < -0.3 is 5.32 Å². The third-order valence-corrected chi connectivity index (χ3v) is 2.16. The van der Waals surface area contributed by atoms with Crippen molar-refractivity contribution < 1.29 is 0 Å². The molecule has 0 aliphatic rings. The fourth-order valence-electron chi connectivity index (χ4n) is 1.35. The molecule has 0 aliphatic heterocycles. The van der Waals surface area contributed by atoms with Gasteiger partial charge in [0, 0.05) is 12.7 Å². The lowest BCUT2D eigenvalue weighted by Gasteiger charge is -2.03. The van der Waals surface area contributed by atoms with Gasteiger partial charge in [0.2, 0.25) is 5.95 Å². The highest BCUT2D eigenvalue weighted by Crippen LogP contribution is 2.07. The summed E-state index contributed by atoms with van der Waals surface area (Å²) in [5.74, 6) is 1.30. The van der Waals surface area contributed by atoms with E-state index in [1.165, 1.54) is 5.56 Å². The van der Waals surface area contributed by atoms with Crippen molar-refractivity contribution in [3.8, 4) is 0 Å². The van der Waals surface area contributed by atoms with E-state index in [0.29, 0.717) is 11.9 Å². The van der Waals surface area contributed by atoms with E-state index in [1.807, 2.05) is 18.3 Å². The number of aryl methyl sites for hydroxylation is 1. The van der Waals surface area contributed by atoms with Gasteiger partial charge in [0.15, 0.2) is 5.65 Å². The SMILES string of the molecule is Cc1ccn2nc(NCC(C)C)nc2c1. The molecule has 4 nitrogen and oxygen atoms in total. The number of hydrogen-bond donors (Lipinski definition) is 1. The Hall–Kier alpha value is -1.58. The molecule has 4 heteroatoms. The minimum atomic E-state index is 0.596.